The van der Waals surface area contributed by atoms with Crippen LogP contribution < -0.4 is 5.32 Å². The van der Waals surface area contributed by atoms with Crippen molar-refractivity contribution >= 4 is 16.1 Å². The Labute approximate surface area is 156 Å². The lowest BCUT2D eigenvalue weighted by Crippen LogP contribution is -2.51. The van der Waals surface area contributed by atoms with Gasteiger partial charge >= 0.3 is 0 Å². The Hall–Kier alpha value is -1.44. The van der Waals surface area contributed by atoms with Gasteiger partial charge in [0.05, 0.1) is 5.92 Å². The lowest BCUT2D eigenvalue weighted by Gasteiger charge is -2.36. The molecule has 6 nitrogen and oxygen atoms in total. The zero-order valence-electron chi connectivity index (χ0n) is 15.3. The van der Waals surface area contributed by atoms with Crippen molar-refractivity contribution in [3.63, 3.8) is 0 Å². The lowest BCUT2D eigenvalue weighted by atomic mass is 9.99. The molecule has 0 aromatic heterocycles. The molecule has 0 radical (unpaired) electrons. The van der Waals surface area contributed by atoms with Crippen LogP contribution in [0.15, 0.2) is 30.3 Å². The van der Waals surface area contributed by atoms with E-state index < -0.39 is 10.2 Å². The van der Waals surface area contributed by atoms with E-state index in [1.54, 1.807) is 4.31 Å². The third-order valence-electron chi connectivity index (χ3n) is 5.28. The Morgan fingerprint density at radius 2 is 1.69 bits per heavy atom. The van der Waals surface area contributed by atoms with Gasteiger partial charge in [-0.3, -0.25) is 4.79 Å². The van der Waals surface area contributed by atoms with E-state index in [1.807, 2.05) is 30.3 Å². The largest absolute Gasteiger partial charge is 0.355 e. The average molecular weight is 380 g/mol. The maximum Gasteiger partial charge on any atom is 0.281 e. The number of benzene rings is 1. The van der Waals surface area contributed by atoms with Gasteiger partial charge in [-0.2, -0.15) is 17.0 Å². The average Bonchev–Trinajstić information content (AvgIpc) is 2.69. The molecule has 7 heteroatoms. The number of nitrogens with zero attached hydrogens (tertiary/aromatic N) is 2. The van der Waals surface area contributed by atoms with Crippen molar-refractivity contribution in [1.29, 1.82) is 0 Å². The molecule has 144 valence electrons. The summed E-state index contributed by atoms with van der Waals surface area (Å²) in [6, 6.07) is 10.0. The predicted octanol–water partition coefficient (Wildman–Crippen LogP) is 1.79. The molecule has 2 fully saturated rings. The molecule has 1 aromatic carbocycles. The van der Waals surface area contributed by atoms with E-state index in [0.717, 1.165) is 38.5 Å². The zero-order chi connectivity index (χ0) is 18.4. The molecule has 0 bridgehead atoms. The molecule has 1 atom stereocenters. The summed E-state index contributed by atoms with van der Waals surface area (Å²) in [4.78, 5) is 12.5. The van der Waals surface area contributed by atoms with E-state index in [2.05, 4.69) is 5.32 Å². The van der Waals surface area contributed by atoms with E-state index in [4.69, 9.17) is 0 Å². The molecule has 0 saturated carbocycles. The number of carbonyl (C=O) groups excluding carboxylic acids is 1. The predicted molar refractivity (Wildman–Crippen MR) is 102 cm³/mol. The van der Waals surface area contributed by atoms with Gasteiger partial charge in [0.25, 0.3) is 10.2 Å². The fourth-order valence-corrected chi connectivity index (χ4v) is 5.52. The number of piperidine rings is 2. The Morgan fingerprint density at radius 3 is 2.42 bits per heavy atom. The highest BCUT2D eigenvalue weighted by atomic mass is 32.2. The number of hydrogen-bond acceptors (Lipinski definition) is 3. The fraction of sp³-hybridized carbons (Fsp3) is 0.632. The Kier molecular flexibility index (Phi) is 6.67. The number of amides is 1. The number of hydrogen-bond donors (Lipinski definition) is 1. The van der Waals surface area contributed by atoms with Crippen LogP contribution in [0.4, 0.5) is 0 Å². The van der Waals surface area contributed by atoms with Crippen LogP contribution in [0, 0.1) is 5.92 Å². The molecule has 2 heterocycles. The number of carbonyl (C=O) groups is 1. The van der Waals surface area contributed by atoms with Crippen molar-refractivity contribution in [3.8, 4) is 0 Å². The first kappa shape index (κ1) is 19.3. The summed E-state index contributed by atoms with van der Waals surface area (Å²) in [5.41, 5.74) is 1.19. The Bertz CT molecular complexity index is 687. The van der Waals surface area contributed by atoms with Gasteiger partial charge in [-0.15, -0.1) is 0 Å². The summed E-state index contributed by atoms with van der Waals surface area (Å²) >= 11 is 0. The molecule has 2 aliphatic heterocycles. The molecule has 2 saturated heterocycles. The summed E-state index contributed by atoms with van der Waals surface area (Å²) in [6.45, 7) is 2.61. The fourth-order valence-electron chi connectivity index (χ4n) is 3.74. The molecule has 1 N–H and O–H groups in total. The summed E-state index contributed by atoms with van der Waals surface area (Å²) in [5, 5.41) is 2.98. The monoisotopic (exact) mass is 379 g/mol. The highest BCUT2D eigenvalue weighted by Crippen LogP contribution is 2.23. The van der Waals surface area contributed by atoms with E-state index in [9.17, 15) is 13.2 Å². The van der Waals surface area contributed by atoms with Crippen LogP contribution >= 0.6 is 0 Å². The van der Waals surface area contributed by atoms with Crippen molar-refractivity contribution in [2.24, 2.45) is 5.92 Å². The third kappa shape index (κ3) is 4.84. The standard InChI is InChI=1S/C19H29N3O3S/c23-19(20-12-11-17-8-3-1-4-9-17)18-10-7-15-22(16-18)26(24,25)21-13-5-2-6-14-21/h1,3-4,8-9,18H,2,5-7,10-16H2,(H,20,23)/t18-/m1/s1. The molecule has 3 rings (SSSR count). The van der Waals surface area contributed by atoms with Gasteiger partial charge < -0.3 is 5.32 Å². The quantitative estimate of drug-likeness (QED) is 0.819. The Balaban J connectivity index is 1.51. The molecule has 1 amide bonds. The molecule has 0 unspecified atom stereocenters. The molecular formula is C19H29N3O3S. The van der Waals surface area contributed by atoms with E-state index in [0.29, 0.717) is 32.7 Å². The van der Waals surface area contributed by atoms with Gasteiger partial charge in [0.2, 0.25) is 5.91 Å². The van der Waals surface area contributed by atoms with Gasteiger partial charge in [-0.25, -0.2) is 0 Å². The van der Waals surface area contributed by atoms with Crippen LogP contribution in [0.2, 0.25) is 0 Å². The highest BCUT2D eigenvalue weighted by molar-refractivity contribution is 7.86. The van der Waals surface area contributed by atoms with Gasteiger partial charge in [-0.1, -0.05) is 36.8 Å². The first-order valence-electron chi connectivity index (χ1n) is 9.64. The third-order valence-corrected chi connectivity index (χ3v) is 7.28. The second-order valence-electron chi connectivity index (χ2n) is 7.19. The normalized spacial score (nSPS) is 22.8. The SMILES string of the molecule is O=C(NCCc1ccccc1)[C@@H]1CCCN(S(=O)(=O)N2CCCCC2)C1. The number of rotatable bonds is 6. The number of nitrogens with one attached hydrogen (secondary N) is 1. The topological polar surface area (TPSA) is 69.7 Å². The van der Waals surface area contributed by atoms with Crippen LogP contribution in [0.1, 0.15) is 37.7 Å². The van der Waals surface area contributed by atoms with Gasteiger partial charge in [0.1, 0.15) is 0 Å². The molecule has 0 aliphatic carbocycles. The van der Waals surface area contributed by atoms with E-state index in [-0.39, 0.29) is 11.8 Å². The van der Waals surface area contributed by atoms with Crippen LogP contribution in [0.5, 0.6) is 0 Å². The first-order valence-corrected chi connectivity index (χ1v) is 11.0. The van der Waals surface area contributed by atoms with Crippen molar-refractivity contribution in [2.75, 3.05) is 32.7 Å². The minimum Gasteiger partial charge on any atom is -0.355 e. The summed E-state index contributed by atoms with van der Waals surface area (Å²) in [7, 11) is -3.43. The minimum atomic E-state index is -3.43. The van der Waals surface area contributed by atoms with Crippen LogP contribution in [0.25, 0.3) is 0 Å². The summed E-state index contributed by atoms with van der Waals surface area (Å²) < 4.78 is 28.8. The van der Waals surface area contributed by atoms with Gasteiger partial charge in [-0.05, 0) is 37.7 Å². The van der Waals surface area contributed by atoms with E-state index in [1.165, 1.54) is 9.87 Å². The van der Waals surface area contributed by atoms with Crippen LogP contribution in [0.3, 0.4) is 0 Å². The minimum absolute atomic E-state index is 0.0283. The van der Waals surface area contributed by atoms with E-state index >= 15 is 0 Å². The van der Waals surface area contributed by atoms with Crippen LogP contribution in [-0.4, -0.2) is 55.7 Å². The molecule has 26 heavy (non-hydrogen) atoms. The van der Waals surface area contributed by atoms with Crippen molar-refractivity contribution in [2.45, 2.75) is 38.5 Å². The lowest BCUT2D eigenvalue weighted by molar-refractivity contribution is -0.126. The van der Waals surface area contributed by atoms with Crippen LogP contribution in [-0.2, 0) is 21.4 Å². The Morgan fingerprint density at radius 1 is 1.00 bits per heavy atom. The molecule has 0 spiro atoms. The van der Waals surface area contributed by atoms with Gasteiger partial charge in [0.15, 0.2) is 0 Å². The maximum absolute atomic E-state index is 12.8. The van der Waals surface area contributed by atoms with Crippen molar-refractivity contribution < 1.29 is 13.2 Å². The van der Waals surface area contributed by atoms with Crippen molar-refractivity contribution in [1.82, 2.24) is 13.9 Å². The smallest absolute Gasteiger partial charge is 0.281 e. The molecule has 2 aliphatic rings. The van der Waals surface area contributed by atoms with Gasteiger partial charge in [0, 0.05) is 32.7 Å². The second-order valence-corrected chi connectivity index (χ2v) is 9.12. The zero-order valence-corrected chi connectivity index (χ0v) is 16.1. The molecule has 1 aromatic rings. The summed E-state index contributed by atoms with van der Waals surface area (Å²) in [6.07, 6.45) is 5.23. The first-order chi connectivity index (χ1) is 12.6. The summed E-state index contributed by atoms with van der Waals surface area (Å²) in [5.74, 6) is -0.279. The highest BCUT2D eigenvalue weighted by Gasteiger charge is 2.36. The van der Waals surface area contributed by atoms with Crippen molar-refractivity contribution in [3.05, 3.63) is 35.9 Å². The second kappa shape index (κ2) is 8.97. The molecular weight excluding hydrogens is 350 g/mol. The maximum atomic E-state index is 12.8.